The summed E-state index contributed by atoms with van der Waals surface area (Å²) in [5, 5.41) is 5.24. The first-order valence-corrected chi connectivity index (χ1v) is 8.59. The minimum atomic E-state index is -0.406. The highest BCUT2D eigenvalue weighted by Gasteiger charge is 2.28. The average Bonchev–Trinajstić information content (AvgIpc) is 2.93. The molecule has 1 aliphatic heterocycles. The number of urea groups is 1. The molecule has 0 atom stereocenters. The molecule has 140 valence electrons. The van der Waals surface area contributed by atoms with E-state index in [-0.39, 0.29) is 31.5 Å². The van der Waals surface area contributed by atoms with E-state index < -0.39 is 6.03 Å². The molecule has 2 aromatic carbocycles. The molecule has 1 heterocycles. The number of rotatable bonds is 6. The van der Waals surface area contributed by atoms with Gasteiger partial charge in [0.15, 0.2) is 6.61 Å². The van der Waals surface area contributed by atoms with Crippen LogP contribution in [0.3, 0.4) is 0 Å². The van der Waals surface area contributed by atoms with Gasteiger partial charge in [-0.25, -0.2) is 4.79 Å². The van der Waals surface area contributed by atoms with Gasteiger partial charge in [0.25, 0.3) is 5.91 Å². The lowest BCUT2D eigenvalue weighted by atomic mass is 10.1. The molecule has 27 heavy (non-hydrogen) atoms. The van der Waals surface area contributed by atoms with Gasteiger partial charge in [-0.05, 0) is 43.2 Å². The highest BCUT2D eigenvalue weighted by atomic mass is 16.5. The maximum Gasteiger partial charge on any atom is 0.324 e. The number of aryl methyl sites for hydroxylation is 2. The van der Waals surface area contributed by atoms with Crippen LogP contribution in [-0.2, 0) is 16.1 Å². The number of carbonyl (C=O) groups is 3. The van der Waals surface area contributed by atoms with Crippen LogP contribution in [0.15, 0.2) is 42.5 Å². The number of anilines is 1. The van der Waals surface area contributed by atoms with Crippen LogP contribution in [0, 0.1) is 13.8 Å². The molecule has 0 unspecified atom stereocenters. The summed E-state index contributed by atoms with van der Waals surface area (Å²) in [4.78, 5) is 36.6. The maximum atomic E-state index is 12.2. The summed E-state index contributed by atoms with van der Waals surface area (Å²) in [5.41, 5.74) is 3.42. The lowest BCUT2D eigenvalue weighted by Gasteiger charge is -2.14. The lowest BCUT2D eigenvalue weighted by Crippen LogP contribution is -2.30. The van der Waals surface area contributed by atoms with Crippen molar-refractivity contribution in [1.82, 2.24) is 10.2 Å². The van der Waals surface area contributed by atoms with Crippen LogP contribution in [0.25, 0.3) is 0 Å². The molecule has 1 fully saturated rings. The van der Waals surface area contributed by atoms with E-state index in [0.717, 1.165) is 21.6 Å². The van der Waals surface area contributed by atoms with Crippen molar-refractivity contribution in [2.75, 3.05) is 18.5 Å². The zero-order valence-electron chi connectivity index (χ0n) is 15.2. The number of hydrogen-bond acceptors (Lipinski definition) is 4. The number of hydrogen-bond donors (Lipinski definition) is 2. The topological polar surface area (TPSA) is 87.7 Å². The molecule has 0 aliphatic carbocycles. The minimum absolute atomic E-state index is 0.0189. The van der Waals surface area contributed by atoms with Crippen LogP contribution in [0.4, 0.5) is 10.5 Å². The quantitative estimate of drug-likeness (QED) is 0.768. The molecule has 7 nitrogen and oxygen atoms in total. The average molecular weight is 367 g/mol. The summed E-state index contributed by atoms with van der Waals surface area (Å²) in [7, 11) is 0. The Morgan fingerprint density at radius 3 is 2.70 bits per heavy atom. The van der Waals surface area contributed by atoms with Crippen LogP contribution in [0.2, 0.25) is 0 Å². The molecule has 1 aliphatic rings. The minimum Gasteiger partial charge on any atom is -0.483 e. The maximum absolute atomic E-state index is 12.2. The van der Waals surface area contributed by atoms with Gasteiger partial charge < -0.3 is 15.4 Å². The van der Waals surface area contributed by atoms with E-state index in [4.69, 9.17) is 4.74 Å². The van der Waals surface area contributed by atoms with E-state index in [1.807, 2.05) is 32.0 Å². The van der Waals surface area contributed by atoms with Crippen molar-refractivity contribution in [3.63, 3.8) is 0 Å². The summed E-state index contributed by atoms with van der Waals surface area (Å²) in [6.07, 6.45) is 0. The molecule has 0 bridgehead atoms. The van der Waals surface area contributed by atoms with E-state index in [0.29, 0.717) is 11.4 Å². The first kappa shape index (κ1) is 18.4. The summed E-state index contributed by atoms with van der Waals surface area (Å²) < 4.78 is 5.57. The fourth-order valence-corrected chi connectivity index (χ4v) is 2.85. The first-order chi connectivity index (χ1) is 12.9. The Morgan fingerprint density at radius 1 is 1.19 bits per heavy atom. The number of nitrogens with zero attached hydrogens (tertiary/aromatic N) is 1. The second kappa shape index (κ2) is 7.90. The fourth-order valence-electron chi connectivity index (χ4n) is 2.85. The Bertz CT molecular complexity index is 879. The van der Waals surface area contributed by atoms with Gasteiger partial charge >= 0.3 is 6.03 Å². The van der Waals surface area contributed by atoms with Gasteiger partial charge in [-0.2, -0.15) is 0 Å². The SMILES string of the molecule is Cc1ccc(OCC(=O)Nc2cccc(CN3C(=O)CNC3=O)c2)c(C)c1. The van der Waals surface area contributed by atoms with Crippen LogP contribution >= 0.6 is 0 Å². The molecule has 0 radical (unpaired) electrons. The van der Waals surface area contributed by atoms with E-state index in [2.05, 4.69) is 10.6 Å². The number of ether oxygens (including phenoxy) is 1. The van der Waals surface area contributed by atoms with Gasteiger partial charge in [0.1, 0.15) is 5.75 Å². The van der Waals surface area contributed by atoms with Crippen LogP contribution in [-0.4, -0.2) is 35.9 Å². The van der Waals surface area contributed by atoms with E-state index in [1.165, 1.54) is 0 Å². The van der Waals surface area contributed by atoms with Gasteiger partial charge in [-0.3, -0.25) is 14.5 Å². The van der Waals surface area contributed by atoms with Crippen molar-refractivity contribution in [3.8, 4) is 5.75 Å². The largest absolute Gasteiger partial charge is 0.483 e. The molecule has 1 saturated heterocycles. The third kappa shape index (κ3) is 4.63. The predicted octanol–water partition coefficient (Wildman–Crippen LogP) is 2.37. The second-order valence-electron chi connectivity index (χ2n) is 6.44. The summed E-state index contributed by atoms with van der Waals surface area (Å²) >= 11 is 0. The highest BCUT2D eigenvalue weighted by molar-refractivity contribution is 6.01. The molecule has 0 spiro atoms. The summed E-state index contributed by atoms with van der Waals surface area (Å²) in [6, 6.07) is 12.4. The van der Waals surface area contributed by atoms with E-state index >= 15 is 0 Å². The molecule has 2 aromatic rings. The Hall–Kier alpha value is -3.35. The number of imide groups is 1. The molecule has 0 aromatic heterocycles. The Kier molecular flexibility index (Phi) is 5.40. The monoisotopic (exact) mass is 367 g/mol. The van der Waals surface area contributed by atoms with Crippen LogP contribution in [0.1, 0.15) is 16.7 Å². The van der Waals surface area contributed by atoms with Gasteiger partial charge in [0.2, 0.25) is 5.91 Å². The van der Waals surface area contributed by atoms with Crippen molar-refractivity contribution < 1.29 is 19.1 Å². The molecular formula is C20H21N3O4. The van der Waals surface area contributed by atoms with Crippen molar-refractivity contribution in [3.05, 3.63) is 59.2 Å². The molecule has 7 heteroatoms. The normalized spacial score (nSPS) is 13.5. The van der Waals surface area contributed by atoms with Crippen LogP contribution < -0.4 is 15.4 Å². The Balaban J connectivity index is 1.58. The fraction of sp³-hybridized carbons (Fsp3) is 0.250. The summed E-state index contributed by atoms with van der Waals surface area (Å²) in [5.74, 6) is 0.112. The lowest BCUT2D eigenvalue weighted by molar-refractivity contribution is -0.125. The van der Waals surface area contributed by atoms with Crippen LogP contribution in [0.5, 0.6) is 5.75 Å². The van der Waals surface area contributed by atoms with Gasteiger partial charge in [-0.1, -0.05) is 29.8 Å². The molecule has 0 saturated carbocycles. The number of carbonyl (C=O) groups excluding carboxylic acids is 3. The third-order valence-electron chi connectivity index (χ3n) is 4.18. The predicted molar refractivity (Wildman–Crippen MR) is 100 cm³/mol. The van der Waals surface area contributed by atoms with Gasteiger partial charge in [0.05, 0.1) is 13.1 Å². The van der Waals surface area contributed by atoms with E-state index in [1.54, 1.807) is 24.3 Å². The third-order valence-corrected chi connectivity index (χ3v) is 4.18. The van der Waals surface area contributed by atoms with Crippen molar-refractivity contribution in [2.45, 2.75) is 20.4 Å². The smallest absolute Gasteiger partial charge is 0.324 e. The molecule has 2 N–H and O–H groups in total. The Labute approximate surface area is 157 Å². The second-order valence-corrected chi connectivity index (χ2v) is 6.44. The van der Waals surface area contributed by atoms with Crippen molar-refractivity contribution >= 4 is 23.5 Å². The van der Waals surface area contributed by atoms with Crippen molar-refractivity contribution in [1.29, 1.82) is 0 Å². The first-order valence-electron chi connectivity index (χ1n) is 8.59. The number of nitrogens with one attached hydrogen (secondary N) is 2. The molecule has 4 amide bonds. The Morgan fingerprint density at radius 2 is 2.00 bits per heavy atom. The number of benzene rings is 2. The number of amides is 4. The van der Waals surface area contributed by atoms with Gasteiger partial charge in [-0.15, -0.1) is 0 Å². The zero-order valence-corrected chi connectivity index (χ0v) is 15.2. The van der Waals surface area contributed by atoms with Crippen molar-refractivity contribution in [2.24, 2.45) is 0 Å². The molecule has 3 rings (SSSR count). The summed E-state index contributed by atoms with van der Waals surface area (Å²) in [6.45, 7) is 3.99. The standard InChI is InChI=1S/C20H21N3O4/c1-13-6-7-17(14(2)8-13)27-12-18(24)22-16-5-3-4-15(9-16)11-23-19(25)10-21-20(23)26/h3-9H,10-12H2,1-2H3,(H,21,26)(H,22,24). The van der Waals surface area contributed by atoms with Gasteiger partial charge in [0, 0.05) is 5.69 Å². The zero-order chi connectivity index (χ0) is 19.4. The molecular weight excluding hydrogens is 346 g/mol. The highest BCUT2D eigenvalue weighted by Crippen LogP contribution is 2.19. The van der Waals surface area contributed by atoms with E-state index in [9.17, 15) is 14.4 Å².